The number of amides is 5. The molecule has 3 N–H and O–H groups in total. The zero-order chi connectivity index (χ0) is 16.2. The topological polar surface area (TPSA) is 108 Å². The van der Waals surface area contributed by atoms with Crippen LogP contribution in [0.1, 0.15) is 39.0 Å². The molecule has 122 valence electrons. The van der Waals surface area contributed by atoms with E-state index in [1.165, 1.54) is 0 Å². The first-order valence-electron chi connectivity index (χ1n) is 7.66. The zero-order valence-electron chi connectivity index (χ0n) is 12.7. The smallest absolute Gasteiger partial charge is 0.325 e. The Bertz CT molecular complexity index is 485. The Morgan fingerprint density at radius 3 is 2.45 bits per heavy atom. The largest absolute Gasteiger partial charge is 0.355 e. The van der Waals surface area contributed by atoms with Crippen LogP contribution in [-0.4, -0.2) is 53.8 Å². The van der Waals surface area contributed by atoms with Gasteiger partial charge in [-0.1, -0.05) is 19.3 Å². The fourth-order valence-electron chi connectivity index (χ4n) is 2.95. The van der Waals surface area contributed by atoms with Gasteiger partial charge in [0.2, 0.25) is 11.8 Å². The highest BCUT2D eigenvalue weighted by Gasteiger charge is 2.51. The predicted octanol–water partition coefficient (Wildman–Crippen LogP) is -0.507. The molecule has 0 unspecified atom stereocenters. The maximum absolute atomic E-state index is 12.5. The van der Waals surface area contributed by atoms with Crippen LogP contribution in [0, 0.1) is 0 Å². The molecule has 0 atom stereocenters. The van der Waals surface area contributed by atoms with Crippen molar-refractivity contribution < 1.29 is 19.2 Å². The fraction of sp³-hybridized carbons (Fsp3) is 0.714. The van der Waals surface area contributed by atoms with Gasteiger partial charge in [0, 0.05) is 6.54 Å². The van der Waals surface area contributed by atoms with Crippen molar-refractivity contribution in [2.24, 2.45) is 0 Å². The van der Waals surface area contributed by atoms with E-state index in [9.17, 15) is 19.2 Å². The van der Waals surface area contributed by atoms with E-state index in [4.69, 9.17) is 0 Å². The first-order chi connectivity index (χ1) is 10.5. The number of likely N-dealkylation sites (N-methyl/N-ethyl adjacent to an activating group) is 1. The van der Waals surface area contributed by atoms with E-state index >= 15 is 0 Å². The van der Waals surface area contributed by atoms with Crippen LogP contribution in [0.3, 0.4) is 0 Å². The number of rotatable bonds is 5. The lowest BCUT2D eigenvalue weighted by molar-refractivity contribution is -0.136. The molecule has 0 aromatic rings. The predicted molar refractivity (Wildman–Crippen MR) is 77.8 cm³/mol. The van der Waals surface area contributed by atoms with Gasteiger partial charge in [0.1, 0.15) is 12.1 Å². The highest BCUT2D eigenvalue weighted by molar-refractivity contribution is 6.09. The van der Waals surface area contributed by atoms with Gasteiger partial charge in [0.05, 0.1) is 6.54 Å². The highest BCUT2D eigenvalue weighted by atomic mass is 16.2. The minimum Gasteiger partial charge on any atom is -0.355 e. The summed E-state index contributed by atoms with van der Waals surface area (Å²) in [4.78, 5) is 48.4. The van der Waals surface area contributed by atoms with E-state index in [1.807, 2.05) is 0 Å². The molecule has 1 aliphatic heterocycles. The van der Waals surface area contributed by atoms with Gasteiger partial charge in [0.15, 0.2) is 0 Å². The van der Waals surface area contributed by atoms with Crippen LogP contribution in [0.5, 0.6) is 0 Å². The van der Waals surface area contributed by atoms with E-state index in [0.717, 1.165) is 24.2 Å². The first kappa shape index (κ1) is 16.3. The molecule has 22 heavy (non-hydrogen) atoms. The second-order valence-corrected chi connectivity index (χ2v) is 5.69. The van der Waals surface area contributed by atoms with E-state index < -0.39 is 17.5 Å². The monoisotopic (exact) mass is 310 g/mol. The van der Waals surface area contributed by atoms with Crippen molar-refractivity contribution >= 4 is 23.8 Å². The molecule has 0 aromatic carbocycles. The fourth-order valence-corrected chi connectivity index (χ4v) is 2.95. The van der Waals surface area contributed by atoms with Gasteiger partial charge in [-0.3, -0.25) is 19.3 Å². The molecule has 2 aliphatic rings. The van der Waals surface area contributed by atoms with Crippen molar-refractivity contribution in [2.45, 2.75) is 44.6 Å². The van der Waals surface area contributed by atoms with Crippen molar-refractivity contribution in [3.63, 3.8) is 0 Å². The molecule has 1 heterocycles. The molecule has 1 aliphatic carbocycles. The molecule has 1 saturated heterocycles. The summed E-state index contributed by atoms with van der Waals surface area (Å²) in [6.45, 7) is 1.73. The Labute approximate surface area is 129 Å². The summed E-state index contributed by atoms with van der Waals surface area (Å²) in [6, 6.07) is -0.528. The Morgan fingerprint density at radius 2 is 1.82 bits per heavy atom. The van der Waals surface area contributed by atoms with Crippen LogP contribution in [0.15, 0.2) is 0 Å². The van der Waals surface area contributed by atoms with Crippen LogP contribution >= 0.6 is 0 Å². The molecule has 1 spiro atoms. The number of imide groups is 1. The Morgan fingerprint density at radius 1 is 1.14 bits per heavy atom. The van der Waals surface area contributed by atoms with Crippen LogP contribution in [-0.2, 0) is 14.4 Å². The van der Waals surface area contributed by atoms with Crippen molar-refractivity contribution in [3.8, 4) is 0 Å². The van der Waals surface area contributed by atoms with Gasteiger partial charge in [-0.25, -0.2) is 4.79 Å². The molecule has 0 bridgehead atoms. The number of nitrogens with zero attached hydrogens (tertiary/aromatic N) is 1. The van der Waals surface area contributed by atoms with Crippen LogP contribution in [0.2, 0.25) is 0 Å². The summed E-state index contributed by atoms with van der Waals surface area (Å²) in [5.41, 5.74) is -0.824. The van der Waals surface area contributed by atoms with Gasteiger partial charge in [-0.05, 0) is 19.8 Å². The summed E-state index contributed by atoms with van der Waals surface area (Å²) in [6.07, 6.45) is 4.08. The summed E-state index contributed by atoms with van der Waals surface area (Å²) in [7, 11) is 0. The summed E-state index contributed by atoms with van der Waals surface area (Å²) in [5, 5.41) is 7.68. The Kier molecular flexibility index (Phi) is 4.99. The molecule has 5 amide bonds. The third kappa shape index (κ3) is 3.37. The van der Waals surface area contributed by atoms with Gasteiger partial charge in [-0.2, -0.15) is 0 Å². The zero-order valence-corrected chi connectivity index (χ0v) is 12.7. The Hall–Kier alpha value is -2.12. The standard InChI is InChI=1S/C14H22N4O4/c1-2-15-10(19)8-16-11(20)9-18-12(21)14(17-13(18)22)6-4-3-5-7-14/h2-9H2,1H3,(H,15,19)(H,16,20)(H,17,22). The number of nitrogens with one attached hydrogen (secondary N) is 3. The van der Waals surface area contributed by atoms with Gasteiger partial charge >= 0.3 is 6.03 Å². The number of hydrogen-bond acceptors (Lipinski definition) is 4. The SMILES string of the molecule is CCNC(=O)CNC(=O)CN1C(=O)NC2(CCCCC2)C1=O. The van der Waals surface area contributed by atoms with E-state index in [1.54, 1.807) is 6.92 Å². The molecule has 2 fully saturated rings. The Balaban J connectivity index is 1.89. The maximum atomic E-state index is 12.5. The van der Waals surface area contributed by atoms with Crippen molar-refractivity contribution in [2.75, 3.05) is 19.6 Å². The van der Waals surface area contributed by atoms with Gasteiger partial charge in [0.25, 0.3) is 5.91 Å². The molecular formula is C14H22N4O4. The number of urea groups is 1. The van der Waals surface area contributed by atoms with Crippen LogP contribution < -0.4 is 16.0 Å². The summed E-state index contributed by atoms with van der Waals surface area (Å²) >= 11 is 0. The second-order valence-electron chi connectivity index (χ2n) is 5.69. The summed E-state index contributed by atoms with van der Waals surface area (Å²) in [5.74, 6) is -1.16. The quantitative estimate of drug-likeness (QED) is 0.595. The first-order valence-corrected chi connectivity index (χ1v) is 7.66. The van der Waals surface area contributed by atoms with E-state index in [0.29, 0.717) is 19.4 Å². The average Bonchev–Trinajstić information content (AvgIpc) is 2.71. The van der Waals surface area contributed by atoms with Crippen molar-refractivity contribution in [1.29, 1.82) is 0 Å². The molecule has 0 radical (unpaired) electrons. The molecule has 1 saturated carbocycles. The average molecular weight is 310 g/mol. The van der Waals surface area contributed by atoms with Gasteiger partial charge in [-0.15, -0.1) is 0 Å². The van der Waals surface area contributed by atoms with Gasteiger partial charge < -0.3 is 16.0 Å². The van der Waals surface area contributed by atoms with E-state index in [2.05, 4.69) is 16.0 Å². The second kappa shape index (κ2) is 6.76. The highest BCUT2D eigenvalue weighted by Crippen LogP contribution is 2.33. The third-order valence-electron chi connectivity index (χ3n) is 4.07. The maximum Gasteiger partial charge on any atom is 0.325 e. The van der Waals surface area contributed by atoms with Crippen molar-refractivity contribution in [3.05, 3.63) is 0 Å². The lowest BCUT2D eigenvalue weighted by atomic mass is 9.82. The summed E-state index contributed by atoms with van der Waals surface area (Å²) < 4.78 is 0. The lowest BCUT2D eigenvalue weighted by Crippen LogP contribution is -2.49. The molecule has 0 aromatic heterocycles. The molecular weight excluding hydrogens is 288 g/mol. The third-order valence-corrected chi connectivity index (χ3v) is 4.07. The lowest BCUT2D eigenvalue weighted by Gasteiger charge is -2.30. The normalized spacial score (nSPS) is 20.0. The van der Waals surface area contributed by atoms with Crippen LogP contribution in [0.25, 0.3) is 0 Å². The number of hydrogen-bond donors (Lipinski definition) is 3. The minimum absolute atomic E-state index is 0.165. The molecule has 8 nitrogen and oxygen atoms in total. The minimum atomic E-state index is -0.824. The molecule has 8 heteroatoms. The van der Waals surface area contributed by atoms with Crippen LogP contribution in [0.4, 0.5) is 4.79 Å². The number of carbonyl (C=O) groups is 4. The molecule has 2 rings (SSSR count). The van der Waals surface area contributed by atoms with Crippen molar-refractivity contribution in [1.82, 2.24) is 20.9 Å². The number of carbonyl (C=O) groups excluding carboxylic acids is 4. The van der Waals surface area contributed by atoms with E-state index in [-0.39, 0.29) is 24.9 Å².